The molecule has 0 unspecified atom stereocenters. The van der Waals surface area contributed by atoms with Crippen LogP contribution in [0.5, 0.6) is 5.75 Å². The number of nitrogens with zero attached hydrogens (tertiary/aromatic N) is 1. The maximum absolute atomic E-state index is 13.6. The van der Waals surface area contributed by atoms with Gasteiger partial charge in [0.1, 0.15) is 0 Å². The number of non-ortho nitro benzene ring substituents is 1. The minimum absolute atomic E-state index is 0.0170. The molecular formula is C16H15FN2O4. The van der Waals surface area contributed by atoms with E-state index in [0.717, 1.165) is 6.07 Å². The molecule has 0 fully saturated rings. The fourth-order valence-electron chi connectivity index (χ4n) is 2.08. The van der Waals surface area contributed by atoms with Crippen LogP contribution in [0.25, 0.3) is 0 Å². The molecule has 2 aromatic carbocycles. The van der Waals surface area contributed by atoms with Crippen LogP contribution in [0.4, 0.5) is 15.8 Å². The minimum atomic E-state index is -0.607. The average molecular weight is 318 g/mol. The van der Waals surface area contributed by atoms with Crippen molar-refractivity contribution in [3.63, 3.8) is 0 Å². The van der Waals surface area contributed by atoms with E-state index in [0.29, 0.717) is 11.3 Å². The van der Waals surface area contributed by atoms with Crippen LogP contribution in [0.3, 0.4) is 0 Å². The van der Waals surface area contributed by atoms with Crippen LogP contribution in [-0.2, 0) is 0 Å². The third kappa shape index (κ3) is 3.82. The van der Waals surface area contributed by atoms with Crippen molar-refractivity contribution in [3.8, 4) is 5.75 Å². The number of anilines is 1. The summed E-state index contributed by atoms with van der Waals surface area (Å²) in [5.41, 5.74) is 1.46. The Balaban J connectivity index is 2.07. The fourth-order valence-corrected chi connectivity index (χ4v) is 2.08. The molecule has 0 spiro atoms. The maximum Gasteiger partial charge on any atom is 0.269 e. The zero-order chi connectivity index (χ0) is 17.0. The van der Waals surface area contributed by atoms with Gasteiger partial charge in [-0.3, -0.25) is 14.9 Å². The number of nitro groups is 1. The number of ketones is 1. The Labute approximate surface area is 132 Å². The summed E-state index contributed by atoms with van der Waals surface area (Å²) >= 11 is 0. The van der Waals surface area contributed by atoms with E-state index in [1.54, 1.807) is 6.92 Å². The maximum atomic E-state index is 13.6. The molecule has 0 aromatic heterocycles. The summed E-state index contributed by atoms with van der Waals surface area (Å²) in [4.78, 5) is 22.3. The molecule has 1 N–H and O–H groups in total. The van der Waals surface area contributed by atoms with Crippen LogP contribution >= 0.6 is 0 Å². The Morgan fingerprint density at radius 2 is 2.04 bits per heavy atom. The molecule has 0 bridgehead atoms. The number of Topliss-reactive ketones (excluding diaryl/α,β-unsaturated/α-hetero) is 1. The van der Waals surface area contributed by atoms with Gasteiger partial charge in [-0.2, -0.15) is 0 Å². The molecule has 0 atom stereocenters. The van der Waals surface area contributed by atoms with Gasteiger partial charge in [-0.1, -0.05) is 0 Å². The summed E-state index contributed by atoms with van der Waals surface area (Å²) in [6.07, 6.45) is 0. The summed E-state index contributed by atoms with van der Waals surface area (Å²) in [6, 6.07) is 8.29. The molecule has 0 radical (unpaired) electrons. The minimum Gasteiger partial charge on any atom is -0.494 e. The number of hydrogen-bond acceptors (Lipinski definition) is 5. The van der Waals surface area contributed by atoms with Gasteiger partial charge in [0, 0.05) is 23.4 Å². The van der Waals surface area contributed by atoms with Crippen molar-refractivity contribution in [2.45, 2.75) is 6.92 Å². The summed E-state index contributed by atoms with van der Waals surface area (Å²) in [5, 5.41) is 13.6. The second-order valence-corrected chi connectivity index (χ2v) is 4.88. The van der Waals surface area contributed by atoms with Gasteiger partial charge in [0.15, 0.2) is 17.3 Å². The van der Waals surface area contributed by atoms with Crippen LogP contribution in [0.1, 0.15) is 15.9 Å². The van der Waals surface area contributed by atoms with Gasteiger partial charge in [0.2, 0.25) is 0 Å². The van der Waals surface area contributed by atoms with Crippen LogP contribution in [0.2, 0.25) is 0 Å². The monoisotopic (exact) mass is 318 g/mol. The van der Waals surface area contributed by atoms with E-state index in [1.807, 2.05) is 0 Å². The van der Waals surface area contributed by atoms with Crippen LogP contribution < -0.4 is 10.1 Å². The SMILES string of the molecule is COc1ccc(C(=O)CNc2ccc([N+](=O)[O-])cc2C)cc1F. The van der Waals surface area contributed by atoms with E-state index in [4.69, 9.17) is 4.74 Å². The number of carbonyl (C=O) groups is 1. The first-order chi connectivity index (χ1) is 10.9. The van der Waals surface area contributed by atoms with Crippen molar-refractivity contribution in [1.82, 2.24) is 0 Å². The van der Waals surface area contributed by atoms with E-state index < -0.39 is 10.7 Å². The lowest BCUT2D eigenvalue weighted by atomic mass is 10.1. The highest BCUT2D eigenvalue weighted by molar-refractivity contribution is 5.99. The molecule has 7 heteroatoms. The van der Waals surface area contributed by atoms with Crippen molar-refractivity contribution in [3.05, 3.63) is 63.5 Å². The average Bonchev–Trinajstić information content (AvgIpc) is 2.53. The lowest BCUT2D eigenvalue weighted by molar-refractivity contribution is -0.384. The Morgan fingerprint density at radius 1 is 1.30 bits per heavy atom. The Bertz CT molecular complexity index is 762. The van der Waals surface area contributed by atoms with Gasteiger partial charge in [0.25, 0.3) is 5.69 Å². The zero-order valence-electron chi connectivity index (χ0n) is 12.6. The largest absolute Gasteiger partial charge is 0.494 e. The van der Waals surface area contributed by atoms with Crippen molar-refractivity contribution in [2.75, 3.05) is 19.0 Å². The van der Waals surface area contributed by atoms with Crippen molar-refractivity contribution in [1.29, 1.82) is 0 Å². The third-order valence-corrected chi connectivity index (χ3v) is 3.33. The quantitative estimate of drug-likeness (QED) is 0.502. The standard InChI is InChI=1S/C16H15FN2O4/c1-10-7-12(19(21)22)4-5-14(10)18-9-15(20)11-3-6-16(23-2)13(17)8-11/h3-8,18H,9H2,1-2H3. The number of nitrogens with one attached hydrogen (secondary N) is 1. The van der Waals surface area contributed by atoms with Gasteiger partial charge >= 0.3 is 0 Å². The highest BCUT2D eigenvalue weighted by Crippen LogP contribution is 2.22. The molecular weight excluding hydrogens is 303 g/mol. The smallest absolute Gasteiger partial charge is 0.269 e. The van der Waals surface area contributed by atoms with Gasteiger partial charge in [-0.25, -0.2) is 4.39 Å². The Hall–Kier alpha value is -2.96. The van der Waals surface area contributed by atoms with Gasteiger partial charge in [0.05, 0.1) is 18.6 Å². The number of aryl methyl sites for hydroxylation is 1. The zero-order valence-corrected chi connectivity index (χ0v) is 12.6. The van der Waals surface area contributed by atoms with E-state index in [2.05, 4.69) is 5.32 Å². The first-order valence-corrected chi connectivity index (χ1v) is 6.78. The lowest BCUT2D eigenvalue weighted by Crippen LogP contribution is -2.15. The predicted octanol–water partition coefficient (Wildman–Crippen LogP) is 3.35. The topological polar surface area (TPSA) is 81.5 Å². The molecule has 0 heterocycles. The molecule has 2 aromatic rings. The van der Waals surface area contributed by atoms with Gasteiger partial charge < -0.3 is 10.1 Å². The first-order valence-electron chi connectivity index (χ1n) is 6.78. The number of methoxy groups -OCH3 is 1. The first kappa shape index (κ1) is 16.4. The number of benzene rings is 2. The van der Waals surface area contributed by atoms with Crippen LogP contribution in [0.15, 0.2) is 36.4 Å². The van der Waals surface area contributed by atoms with Gasteiger partial charge in [-0.05, 0) is 36.8 Å². The summed E-state index contributed by atoms with van der Waals surface area (Å²) in [6.45, 7) is 1.65. The van der Waals surface area contributed by atoms with Gasteiger partial charge in [-0.15, -0.1) is 0 Å². The highest BCUT2D eigenvalue weighted by atomic mass is 19.1. The molecule has 0 amide bonds. The fraction of sp³-hybridized carbons (Fsp3) is 0.188. The molecule has 0 aliphatic rings. The third-order valence-electron chi connectivity index (χ3n) is 3.33. The molecule has 120 valence electrons. The normalized spacial score (nSPS) is 10.2. The second-order valence-electron chi connectivity index (χ2n) is 4.88. The van der Waals surface area contributed by atoms with Crippen molar-refractivity contribution < 1.29 is 18.8 Å². The Morgan fingerprint density at radius 3 is 2.61 bits per heavy atom. The predicted molar refractivity (Wildman–Crippen MR) is 83.6 cm³/mol. The summed E-state index contributed by atoms with van der Waals surface area (Å²) < 4.78 is 18.4. The van der Waals surface area contributed by atoms with E-state index in [9.17, 15) is 19.3 Å². The van der Waals surface area contributed by atoms with Crippen molar-refractivity contribution in [2.24, 2.45) is 0 Å². The van der Waals surface area contributed by atoms with Crippen LogP contribution in [-0.4, -0.2) is 24.4 Å². The molecule has 0 saturated carbocycles. The second kappa shape index (κ2) is 6.87. The Kier molecular flexibility index (Phi) is 4.90. The van der Waals surface area contributed by atoms with Crippen molar-refractivity contribution >= 4 is 17.2 Å². The number of halogens is 1. The number of nitro benzene ring substituents is 1. The molecule has 6 nitrogen and oxygen atoms in total. The summed E-state index contributed by atoms with van der Waals surface area (Å²) in [5.74, 6) is -0.838. The molecule has 0 saturated heterocycles. The number of carbonyl (C=O) groups excluding carboxylic acids is 1. The van der Waals surface area contributed by atoms with E-state index in [1.165, 1.54) is 37.4 Å². The lowest BCUT2D eigenvalue weighted by Gasteiger charge is -2.09. The number of ether oxygens (including phenoxy) is 1. The number of hydrogen-bond donors (Lipinski definition) is 1. The molecule has 0 aliphatic heterocycles. The van der Waals surface area contributed by atoms with E-state index in [-0.39, 0.29) is 29.3 Å². The number of rotatable bonds is 6. The highest BCUT2D eigenvalue weighted by Gasteiger charge is 2.12. The molecule has 23 heavy (non-hydrogen) atoms. The van der Waals surface area contributed by atoms with Crippen LogP contribution in [0, 0.1) is 22.9 Å². The molecule has 0 aliphatic carbocycles. The molecule has 2 rings (SSSR count). The van der Waals surface area contributed by atoms with E-state index >= 15 is 0 Å². The summed E-state index contributed by atoms with van der Waals surface area (Å²) in [7, 11) is 1.35.